The molecule has 0 amide bonds. The smallest absolute Gasteiger partial charge is 0.347 e. The molecule has 0 N–H and O–H groups in total. The second-order valence-electron chi connectivity index (χ2n) is 5.65. The molecule has 0 spiro atoms. The zero-order valence-corrected chi connectivity index (χ0v) is 13.6. The van der Waals surface area contributed by atoms with Gasteiger partial charge in [-0.1, -0.05) is 12.1 Å². The SMILES string of the molecule is COc1ccc(OC(=O)c2ccccc2OC2CCC2)c([N+](=O)[O-])c1. The van der Waals surface area contributed by atoms with Gasteiger partial charge in [0.2, 0.25) is 5.75 Å². The molecule has 1 aliphatic carbocycles. The van der Waals surface area contributed by atoms with E-state index >= 15 is 0 Å². The summed E-state index contributed by atoms with van der Waals surface area (Å²) in [6.45, 7) is 0. The van der Waals surface area contributed by atoms with E-state index in [0.717, 1.165) is 19.3 Å². The molecule has 0 bridgehead atoms. The number of methoxy groups -OCH3 is 1. The van der Waals surface area contributed by atoms with E-state index in [1.807, 2.05) is 0 Å². The Morgan fingerprint density at radius 3 is 2.56 bits per heavy atom. The molecule has 0 atom stereocenters. The van der Waals surface area contributed by atoms with Crippen LogP contribution in [-0.2, 0) is 0 Å². The van der Waals surface area contributed by atoms with Crippen molar-refractivity contribution in [3.05, 3.63) is 58.1 Å². The molecule has 0 heterocycles. The van der Waals surface area contributed by atoms with Gasteiger partial charge in [-0.25, -0.2) is 4.79 Å². The van der Waals surface area contributed by atoms with Crippen LogP contribution in [-0.4, -0.2) is 24.1 Å². The van der Waals surface area contributed by atoms with E-state index in [1.165, 1.54) is 25.3 Å². The quantitative estimate of drug-likeness (QED) is 0.343. The molecule has 3 rings (SSSR count). The highest BCUT2D eigenvalue weighted by atomic mass is 16.6. The first kappa shape index (κ1) is 16.8. The molecular formula is C18H17NO6. The van der Waals surface area contributed by atoms with Gasteiger partial charge in [-0.2, -0.15) is 0 Å². The number of hydrogen-bond donors (Lipinski definition) is 0. The van der Waals surface area contributed by atoms with Crippen molar-refractivity contribution < 1.29 is 23.9 Å². The van der Waals surface area contributed by atoms with E-state index in [-0.39, 0.29) is 23.1 Å². The average molecular weight is 343 g/mol. The number of rotatable bonds is 6. The summed E-state index contributed by atoms with van der Waals surface area (Å²) in [6, 6.07) is 10.8. The summed E-state index contributed by atoms with van der Waals surface area (Å²) in [5.74, 6) is -0.119. The van der Waals surface area contributed by atoms with Gasteiger partial charge in [0.15, 0.2) is 0 Å². The Morgan fingerprint density at radius 2 is 1.92 bits per heavy atom. The molecule has 1 fully saturated rings. The Morgan fingerprint density at radius 1 is 1.16 bits per heavy atom. The summed E-state index contributed by atoms with van der Waals surface area (Å²) in [5.41, 5.74) is -0.107. The van der Waals surface area contributed by atoms with Crippen LogP contribution in [0.25, 0.3) is 0 Å². The van der Waals surface area contributed by atoms with Crippen LogP contribution in [0.2, 0.25) is 0 Å². The van der Waals surface area contributed by atoms with Crippen molar-refractivity contribution in [3.8, 4) is 17.2 Å². The molecule has 0 aromatic heterocycles. The molecule has 7 heteroatoms. The van der Waals surface area contributed by atoms with Crippen molar-refractivity contribution in [1.82, 2.24) is 0 Å². The number of hydrogen-bond acceptors (Lipinski definition) is 6. The van der Waals surface area contributed by atoms with Crippen LogP contribution in [0.3, 0.4) is 0 Å². The van der Waals surface area contributed by atoms with Gasteiger partial charge in [0, 0.05) is 0 Å². The molecule has 0 saturated heterocycles. The zero-order valence-electron chi connectivity index (χ0n) is 13.6. The van der Waals surface area contributed by atoms with Crippen LogP contribution in [0.5, 0.6) is 17.2 Å². The van der Waals surface area contributed by atoms with E-state index in [0.29, 0.717) is 11.5 Å². The van der Waals surface area contributed by atoms with Crippen LogP contribution in [0.4, 0.5) is 5.69 Å². The Kier molecular flexibility index (Phi) is 4.83. The summed E-state index contributed by atoms with van der Waals surface area (Å²) in [6.07, 6.45) is 3.11. The molecular weight excluding hydrogens is 326 g/mol. The number of nitrogens with zero attached hydrogens (tertiary/aromatic N) is 1. The minimum atomic E-state index is -0.705. The van der Waals surface area contributed by atoms with E-state index in [4.69, 9.17) is 14.2 Å². The topological polar surface area (TPSA) is 87.9 Å². The fourth-order valence-electron chi connectivity index (χ4n) is 2.41. The summed E-state index contributed by atoms with van der Waals surface area (Å²) >= 11 is 0. The molecule has 1 saturated carbocycles. The van der Waals surface area contributed by atoms with Gasteiger partial charge in [-0.3, -0.25) is 10.1 Å². The highest BCUT2D eigenvalue weighted by Crippen LogP contribution is 2.33. The zero-order chi connectivity index (χ0) is 17.8. The van der Waals surface area contributed by atoms with Crippen molar-refractivity contribution in [2.75, 3.05) is 7.11 Å². The maximum absolute atomic E-state index is 12.5. The van der Waals surface area contributed by atoms with Crippen LogP contribution in [0, 0.1) is 10.1 Å². The number of carbonyl (C=O) groups excluding carboxylic acids is 1. The Bertz CT molecular complexity index is 800. The van der Waals surface area contributed by atoms with Gasteiger partial charge in [-0.05, 0) is 43.5 Å². The van der Waals surface area contributed by atoms with Gasteiger partial charge in [0.1, 0.15) is 17.1 Å². The second-order valence-corrected chi connectivity index (χ2v) is 5.65. The number of para-hydroxylation sites is 1. The third-order valence-corrected chi connectivity index (χ3v) is 4.02. The van der Waals surface area contributed by atoms with Gasteiger partial charge in [0.25, 0.3) is 0 Å². The van der Waals surface area contributed by atoms with Crippen molar-refractivity contribution in [2.24, 2.45) is 0 Å². The maximum atomic E-state index is 12.5. The van der Waals surface area contributed by atoms with Gasteiger partial charge in [-0.15, -0.1) is 0 Å². The molecule has 1 aliphatic rings. The van der Waals surface area contributed by atoms with Crippen molar-refractivity contribution in [2.45, 2.75) is 25.4 Å². The van der Waals surface area contributed by atoms with Crippen molar-refractivity contribution in [3.63, 3.8) is 0 Å². The predicted molar refractivity (Wildman–Crippen MR) is 89.3 cm³/mol. The lowest BCUT2D eigenvalue weighted by Crippen LogP contribution is -2.25. The van der Waals surface area contributed by atoms with Crippen LogP contribution in [0.15, 0.2) is 42.5 Å². The maximum Gasteiger partial charge on any atom is 0.347 e. The summed E-state index contributed by atoms with van der Waals surface area (Å²) in [4.78, 5) is 23.1. The standard InChI is InChI=1S/C18H17NO6/c1-23-13-9-10-17(15(11-13)19(21)22)25-18(20)14-7-2-3-8-16(14)24-12-5-4-6-12/h2-3,7-12H,4-6H2,1H3. The fourth-order valence-corrected chi connectivity index (χ4v) is 2.41. The van der Waals surface area contributed by atoms with Gasteiger partial charge in [0.05, 0.1) is 24.2 Å². The molecule has 2 aromatic rings. The lowest BCUT2D eigenvalue weighted by molar-refractivity contribution is -0.385. The van der Waals surface area contributed by atoms with Crippen molar-refractivity contribution >= 4 is 11.7 Å². The van der Waals surface area contributed by atoms with Gasteiger partial charge < -0.3 is 14.2 Å². The third-order valence-electron chi connectivity index (χ3n) is 4.02. The van der Waals surface area contributed by atoms with E-state index < -0.39 is 10.9 Å². The molecule has 2 aromatic carbocycles. The Labute approximate surface area is 144 Å². The number of ether oxygens (including phenoxy) is 3. The third kappa shape index (κ3) is 3.71. The molecule has 0 radical (unpaired) electrons. The van der Waals surface area contributed by atoms with E-state index in [1.54, 1.807) is 24.3 Å². The molecule has 0 aliphatic heterocycles. The highest BCUT2D eigenvalue weighted by Gasteiger charge is 2.24. The van der Waals surface area contributed by atoms with Crippen molar-refractivity contribution in [1.29, 1.82) is 0 Å². The number of nitro benzene ring substituents is 1. The van der Waals surface area contributed by atoms with Crippen LogP contribution < -0.4 is 14.2 Å². The van der Waals surface area contributed by atoms with Crippen LogP contribution in [0.1, 0.15) is 29.6 Å². The number of carbonyl (C=O) groups is 1. The summed E-state index contributed by atoms with van der Waals surface area (Å²) in [7, 11) is 1.40. The van der Waals surface area contributed by atoms with Crippen LogP contribution >= 0.6 is 0 Å². The number of benzene rings is 2. The number of esters is 1. The predicted octanol–water partition coefficient (Wildman–Crippen LogP) is 3.75. The Balaban J connectivity index is 1.84. The fraction of sp³-hybridized carbons (Fsp3) is 0.278. The van der Waals surface area contributed by atoms with E-state index in [2.05, 4.69) is 0 Å². The summed E-state index contributed by atoms with van der Waals surface area (Å²) < 4.78 is 16.0. The molecule has 7 nitrogen and oxygen atoms in total. The average Bonchev–Trinajstić information content (AvgIpc) is 2.58. The Hall–Kier alpha value is -3.09. The lowest BCUT2D eigenvalue weighted by Gasteiger charge is -2.27. The lowest BCUT2D eigenvalue weighted by atomic mass is 9.96. The van der Waals surface area contributed by atoms with Gasteiger partial charge >= 0.3 is 11.7 Å². The minimum absolute atomic E-state index is 0.101. The first-order chi connectivity index (χ1) is 12.1. The van der Waals surface area contributed by atoms with E-state index in [9.17, 15) is 14.9 Å². The largest absolute Gasteiger partial charge is 0.496 e. The highest BCUT2D eigenvalue weighted by molar-refractivity contribution is 5.94. The first-order valence-electron chi connectivity index (χ1n) is 7.89. The second kappa shape index (κ2) is 7.21. The molecule has 0 unspecified atom stereocenters. The minimum Gasteiger partial charge on any atom is -0.496 e. The molecule has 130 valence electrons. The first-order valence-corrected chi connectivity index (χ1v) is 7.89. The summed E-state index contributed by atoms with van der Waals surface area (Å²) in [5, 5.41) is 11.2. The normalized spacial score (nSPS) is 13.6. The molecule has 25 heavy (non-hydrogen) atoms. The monoisotopic (exact) mass is 343 g/mol. The number of nitro groups is 1.